The van der Waals surface area contributed by atoms with Crippen molar-refractivity contribution in [1.82, 2.24) is 9.80 Å². The number of hydrogen-bond donors (Lipinski definition) is 0. The third-order valence-electron chi connectivity index (χ3n) is 4.01. The summed E-state index contributed by atoms with van der Waals surface area (Å²) >= 11 is 0. The fourth-order valence-corrected chi connectivity index (χ4v) is 2.96. The van der Waals surface area contributed by atoms with Crippen molar-refractivity contribution in [1.29, 1.82) is 0 Å². The Bertz CT molecular complexity index is 486. The van der Waals surface area contributed by atoms with Crippen LogP contribution in [0.25, 0.3) is 0 Å². The topological polar surface area (TPSA) is 40.6 Å². The van der Waals surface area contributed by atoms with Gasteiger partial charge in [0, 0.05) is 13.1 Å². The van der Waals surface area contributed by atoms with Gasteiger partial charge in [-0.25, -0.2) is 0 Å². The van der Waals surface area contributed by atoms with Gasteiger partial charge in [0.05, 0.1) is 6.54 Å². The number of rotatable bonds is 3. The average Bonchev–Trinajstić information content (AvgIpc) is 2.92. The Morgan fingerprint density at radius 2 is 1.95 bits per heavy atom. The number of carbonyl (C=O) groups is 2. The monoisotopic (exact) mass is 258 g/mol. The van der Waals surface area contributed by atoms with Gasteiger partial charge in [-0.05, 0) is 24.8 Å². The second-order valence-corrected chi connectivity index (χ2v) is 5.24. The largest absolute Gasteiger partial charge is 0.331 e. The lowest BCUT2D eigenvalue weighted by molar-refractivity contribution is -0.153. The van der Waals surface area contributed by atoms with E-state index in [1.54, 1.807) is 9.80 Å². The van der Waals surface area contributed by atoms with Crippen molar-refractivity contribution in [2.24, 2.45) is 0 Å². The predicted molar refractivity (Wildman–Crippen MR) is 71.5 cm³/mol. The summed E-state index contributed by atoms with van der Waals surface area (Å²) in [5, 5.41) is 0. The highest BCUT2D eigenvalue weighted by Crippen LogP contribution is 2.23. The van der Waals surface area contributed by atoms with E-state index >= 15 is 0 Å². The summed E-state index contributed by atoms with van der Waals surface area (Å²) in [6, 6.07) is 9.90. The molecule has 19 heavy (non-hydrogen) atoms. The van der Waals surface area contributed by atoms with Crippen LogP contribution in [0.2, 0.25) is 0 Å². The van der Waals surface area contributed by atoms with Crippen molar-refractivity contribution in [2.45, 2.75) is 25.3 Å². The zero-order valence-corrected chi connectivity index (χ0v) is 10.9. The molecule has 1 aromatic carbocycles. The van der Waals surface area contributed by atoms with Crippen molar-refractivity contribution < 1.29 is 9.59 Å². The molecule has 2 saturated heterocycles. The number of piperazine rings is 1. The number of hydrogen-bond acceptors (Lipinski definition) is 2. The van der Waals surface area contributed by atoms with Gasteiger partial charge in [-0.1, -0.05) is 30.3 Å². The Morgan fingerprint density at radius 1 is 1.16 bits per heavy atom. The molecule has 1 atom stereocenters. The van der Waals surface area contributed by atoms with Crippen LogP contribution in [-0.2, 0) is 16.0 Å². The molecule has 0 aliphatic carbocycles. The minimum atomic E-state index is -0.183. The van der Waals surface area contributed by atoms with Crippen LogP contribution in [0, 0.1) is 0 Å². The minimum absolute atomic E-state index is 0.107. The normalized spacial score (nSPS) is 22.8. The van der Waals surface area contributed by atoms with Gasteiger partial charge in [0.15, 0.2) is 0 Å². The zero-order valence-electron chi connectivity index (χ0n) is 10.9. The van der Waals surface area contributed by atoms with E-state index in [0.717, 1.165) is 25.8 Å². The lowest BCUT2D eigenvalue weighted by atomic mass is 10.1. The molecule has 2 amide bonds. The highest BCUT2D eigenvalue weighted by Gasteiger charge is 2.41. The van der Waals surface area contributed by atoms with E-state index in [9.17, 15) is 9.59 Å². The predicted octanol–water partition coefficient (Wildman–Crippen LogP) is 1.06. The first kappa shape index (κ1) is 12.2. The molecule has 0 spiro atoms. The molecule has 4 nitrogen and oxygen atoms in total. The molecule has 0 bridgehead atoms. The Balaban J connectivity index is 1.65. The molecule has 3 rings (SSSR count). The summed E-state index contributed by atoms with van der Waals surface area (Å²) < 4.78 is 0. The first-order valence-corrected chi connectivity index (χ1v) is 6.88. The van der Waals surface area contributed by atoms with E-state index in [4.69, 9.17) is 0 Å². The molecule has 1 unspecified atom stereocenters. The van der Waals surface area contributed by atoms with Crippen molar-refractivity contribution >= 4 is 11.8 Å². The number of nitrogens with zero attached hydrogens (tertiary/aromatic N) is 2. The smallest absolute Gasteiger partial charge is 0.245 e. The van der Waals surface area contributed by atoms with Crippen LogP contribution in [0.5, 0.6) is 0 Å². The lowest BCUT2D eigenvalue weighted by Gasteiger charge is -2.36. The van der Waals surface area contributed by atoms with E-state index in [2.05, 4.69) is 12.1 Å². The summed E-state index contributed by atoms with van der Waals surface area (Å²) in [4.78, 5) is 27.8. The van der Waals surface area contributed by atoms with Crippen molar-refractivity contribution in [3.63, 3.8) is 0 Å². The van der Waals surface area contributed by atoms with Gasteiger partial charge >= 0.3 is 0 Å². The molecule has 1 aromatic rings. The Labute approximate surface area is 113 Å². The SMILES string of the molecule is O=C1C2CCCN2C(=O)CN1CCc1ccccc1. The summed E-state index contributed by atoms with van der Waals surface area (Å²) in [6.07, 6.45) is 2.59. The maximum Gasteiger partial charge on any atom is 0.245 e. The van der Waals surface area contributed by atoms with E-state index in [1.165, 1.54) is 5.56 Å². The van der Waals surface area contributed by atoms with Crippen molar-refractivity contribution in [2.75, 3.05) is 19.6 Å². The van der Waals surface area contributed by atoms with E-state index in [1.807, 2.05) is 18.2 Å². The third-order valence-corrected chi connectivity index (χ3v) is 4.01. The molecule has 2 aliphatic rings. The highest BCUT2D eigenvalue weighted by atomic mass is 16.2. The van der Waals surface area contributed by atoms with Gasteiger partial charge in [0.2, 0.25) is 11.8 Å². The van der Waals surface area contributed by atoms with Crippen molar-refractivity contribution in [3.05, 3.63) is 35.9 Å². The van der Waals surface area contributed by atoms with Crippen LogP contribution in [0.1, 0.15) is 18.4 Å². The van der Waals surface area contributed by atoms with E-state index < -0.39 is 0 Å². The molecule has 4 heteroatoms. The molecule has 0 N–H and O–H groups in total. The molecule has 100 valence electrons. The highest BCUT2D eigenvalue weighted by molar-refractivity contribution is 5.95. The summed E-state index contributed by atoms with van der Waals surface area (Å²) in [6.45, 7) is 1.64. The van der Waals surface area contributed by atoms with Gasteiger partial charge in [-0.2, -0.15) is 0 Å². The summed E-state index contributed by atoms with van der Waals surface area (Å²) in [5.74, 6) is 0.239. The number of benzene rings is 1. The first-order valence-electron chi connectivity index (χ1n) is 6.88. The van der Waals surface area contributed by atoms with Crippen LogP contribution in [-0.4, -0.2) is 47.3 Å². The fourth-order valence-electron chi connectivity index (χ4n) is 2.96. The third kappa shape index (κ3) is 2.35. The van der Waals surface area contributed by atoms with Crippen LogP contribution >= 0.6 is 0 Å². The summed E-state index contributed by atoms with van der Waals surface area (Å²) in [5.41, 5.74) is 1.21. The second kappa shape index (κ2) is 5.03. The average molecular weight is 258 g/mol. The number of carbonyl (C=O) groups excluding carboxylic acids is 2. The van der Waals surface area contributed by atoms with Gasteiger partial charge in [0.25, 0.3) is 0 Å². The summed E-state index contributed by atoms with van der Waals surface area (Å²) in [7, 11) is 0. The second-order valence-electron chi connectivity index (χ2n) is 5.24. The molecule has 0 radical (unpaired) electrons. The van der Waals surface area contributed by atoms with Crippen LogP contribution in [0.3, 0.4) is 0 Å². The molecule has 2 aliphatic heterocycles. The Morgan fingerprint density at radius 3 is 2.74 bits per heavy atom. The van der Waals surface area contributed by atoms with Gasteiger partial charge in [-0.15, -0.1) is 0 Å². The van der Waals surface area contributed by atoms with Gasteiger partial charge in [0.1, 0.15) is 6.04 Å². The van der Waals surface area contributed by atoms with E-state index in [0.29, 0.717) is 6.54 Å². The maximum atomic E-state index is 12.3. The van der Waals surface area contributed by atoms with Crippen LogP contribution < -0.4 is 0 Å². The molecule has 2 fully saturated rings. The van der Waals surface area contributed by atoms with Crippen LogP contribution in [0.4, 0.5) is 0 Å². The lowest BCUT2D eigenvalue weighted by Crippen LogP contribution is -2.57. The molecular weight excluding hydrogens is 240 g/mol. The molecular formula is C15H18N2O2. The minimum Gasteiger partial charge on any atom is -0.331 e. The first-order chi connectivity index (χ1) is 9.25. The van der Waals surface area contributed by atoms with Crippen molar-refractivity contribution in [3.8, 4) is 0 Å². The number of amides is 2. The quantitative estimate of drug-likeness (QED) is 0.813. The Kier molecular flexibility index (Phi) is 3.23. The van der Waals surface area contributed by atoms with Gasteiger partial charge in [-0.3, -0.25) is 9.59 Å². The Hall–Kier alpha value is -1.84. The van der Waals surface area contributed by atoms with Gasteiger partial charge < -0.3 is 9.80 Å². The standard InChI is InChI=1S/C15H18N2O2/c18-14-11-16(10-8-12-5-2-1-3-6-12)15(19)13-7-4-9-17(13)14/h1-3,5-6,13H,4,7-11H2. The van der Waals surface area contributed by atoms with E-state index in [-0.39, 0.29) is 24.4 Å². The maximum absolute atomic E-state index is 12.3. The zero-order chi connectivity index (χ0) is 13.2. The fraction of sp³-hybridized carbons (Fsp3) is 0.467. The molecule has 0 aromatic heterocycles. The molecule has 0 saturated carbocycles. The molecule has 2 heterocycles. The van der Waals surface area contributed by atoms with Crippen LogP contribution in [0.15, 0.2) is 30.3 Å². The number of fused-ring (bicyclic) bond motifs is 1.